The van der Waals surface area contributed by atoms with E-state index in [0.717, 1.165) is 5.56 Å². The van der Waals surface area contributed by atoms with Gasteiger partial charge in [-0.25, -0.2) is 0 Å². The van der Waals surface area contributed by atoms with Crippen molar-refractivity contribution in [3.05, 3.63) is 47.6 Å². The lowest BCUT2D eigenvalue weighted by molar-refractivity contribution is -0.141. The molecule has 1 aromatic carbocycles. The normalized spacial score (nSPS) is 24.0. The summed E-state index contributed by atoms with van der Waals surface area (Å²) in [5.41, 5.74) is 0.970. The van der Waals surface area contributed by atoms with E-state index in [1.165, 1.54) is 4.90 Å². The van der Waals surface area contributed by atoms with Crippen molar-refractivity contribution in [2.45, 2.75) is 20.0 Å². The molecule has 2 aliphatic rings. The fourth-order valence-corrected chi connectivity index (χ4v) is 3.54. The van der Waals surface area contributed by atoms with Crippen LogP contribution in [0.25, 0.3) is 0 Å². The zero-order valence-electron chi connectivity index (χ0n) is 13.4. The molecule has 1 aromatic heterocycles. The third kappa shape index (κ3) is 2.60. The zero-order chi connectivity index (χ0) is 16.7. The zero-order valence-corrected chi connectivity index (χ0v) is 13.4. The minimum Gasteiger partial charge on any atom is -0.338 e. The summed E-state index contributed by atoms with van der Waals surface area (Å²) in [6.07, 6.45) is 0. The van der Waals surface area contributed by atoms with E-state index >= 15 is 0 Å². The van der Waals surface area contributed by atoms with Crippen molar-refractivity contribution in [3.63, 3.8) is 0 Å². The van der Waals surface area contributed by atoms with Crippen LogP contribution >= 0.6 is 0 Å². The lowest BCUT2D eigenvalue weighted by Crippen LogP contribution is -2.35. The van der Waals surface area contributed by atoms with E-state index in [-0.39, 0.29) is 23.7 Å². The van der Waals surface area contributed by atoms with Crippen LogP contribution in [0.5, 0.6) is 0 Å². The monoisotopic (exact) mass is 326 g/mol. The van der Waals surface area contributed by atoms with Gasteiger partial charge in [-0.2, -0.15) is 4.98 Å². The molecule has 2 atom stereocenters. The Morgan fingerprint density at radius 2 is 1.75 bits per heavy atom. The van der Waals surface area contributed by atoms with Crippen LogP contribution in [0.2, 0.25) is 0 Å². The average Bonchev–Trinajstić information content (AvgIpc) is 3.23. The summed E-state index contributed by atoms with van der Waals surface area (Å²) < 4.78 is 5.12. The molecule has 0 aliphatic carbocycles. The smallest absolute Gasteiger partial charge is 0.240 e. The molecule has 7 nitrogen and oxygen atoms in total. The maximum atomic E-state index is 12.6. The minimum absolute atomic E-state index is 0.0712. The van der Waals surface area contributed by atoms with Crippen LogP contribution in [0.4, 0.5) is 0 Å². The van der Waals surface area contributed by atoms with E-state index in [9.17, 15) is 9.59 Å². The van der Waals surface area contributed by atoms with Gasteiger partial charge in [-0.05, 0) is 12.5 Å². The first-order valence-corrected chi connectivity index (χ1v) is 8.02. The number of fused-ring (bicyclic) bond motifs is 1. The number of hydrogen-bond acceptors (Lipinski definition) is 6. The topological polar surface area (TPSA) is 79.5 Å². The Balaban J connectivity index is 1.44. The second kappa shape index (κ2) is 5.83. The van der Waals surface area contributed by atoms with Crippen LogP contribution in [0, 0.1) is 18.8 Å². The first-order chi connectivity index (χ1) is 11.6. The molecule has 0 radical (unpaired) electrons. The molecule has 7 heteroatoms. The Morgan fingerprint density at radius 1 is 1.08 bits per heavy atom. The molecule has 0 saturated carbocycles. The van der Waals surface area contributed by atoms with Gasteiger partial charge in [-0.3, -0.25) is 19.4 Å². The van der Waals surface area contributed by atoms with Gasteiger partial charge in [0.1, 0.15) is 0 Å². The standard InChI is InChI=1S/C17H18N4O3/c1-11-18-15(24-19-11)10-20-8-13-14(9-20)17(23)21(16(13)22)7-12-5-3-2-4-6-12/h2-6,13-14H,7-10H2,1H3. The molecule has 2 aromatic rings. The Kier molecular flexibility index (Phi) is 3.65. The lowest BCUT2D eigenvalue weighted by Gasteiger charge is -2.19. The fourth-order valence-electron chi connectivity index (χ4n) is 3.54. The van der Waals surface area contributed by atoms with E-state index in [0.29, 0.717) is 37.9 Å². The SMILES string of the molecule is Cc1noc(CN2CC3C(=O)N(Cc4ccccc4)C(=O)C3C2)n1. The average molecular weight is 326 g/mol. The number of carbonyl (C=O) groups is 2. The lowest BCUT2D eigenvalue weighted by atomic mass is 10.00. The maximum absolute atomic E-state index is 12.6. The quantitative estimate of drug-likeness (QED) is 0.780. The highest BCUT2D eigenvalue weighted by molar-refractivity contribution is 6.05. The van der Waals surface area contributed by atoms with Gasteiger partial charge in [0.2, 0.25) is 17.7 Å². The molecular formula is C17H18N4O3. The van der Waals surface area contributed by atoms with Crippen LogP contribution in [0.1, 0.15) is 17.3 Å². The third-order valence-electron chi connectivity index (χ3n) is 4.67. The molecule has 2 unspecified atom stereocenters. The molecule has 24 heavy (non-hydrogen) atoms. The summed E-state index contributed by atoms with van der Waals surface area (Å²) in [4.78, 5) is 32.9. The number of amides is 2. The Hall–Kier alpha value is -2.54. The number of benzene rings is 1. The highest BCUT2D eigenvalue weighted by atomic mass is 16.5. The van der Waals surface area contributed by atoms with Crippen LogP contribution < -0.4 is 0 Å². The highest BCUT2D eigenvalue weighted by Crippen LogP contribution is 2.34. The fraction of sp³-hybridized carbons (Fsp3) is 0.412. The largest absolute Gasteiger partial charge is 0.338 e. The van der Waals surface area contributed by atoms with E-state index in [2.05, 4.69) is 10.1 Å². The van der Waals surface area contributed by atoms with Crippen molar-refractivity contribution in [1.29, 1.82) is 0 Å². The second-order valence-corrected chi connectivity index (χ2v) is 6.39. The van der Waals surface area contributed by atoms with Gasteiger partial charge < -0.3 is 4.52 Å². The van der Waals surface area contributed by atoms with Crippen molar-refractivity contribution in [2.75, 3.05) is 13.1 Å². The van der Waals surface area contributed by atoms with Crippen molar-refractivity contribution < 1.29 is 14.1 Å². The molecule has 3 heterocycles. The summed E-state index contributed by atoms with van der Waals surface area (Å²) in [5, 5.41) is 3.76. The number of aryl methyl sites for hydroxylation is 1. The van der Waals surface area contributed by atoms with Crippen LogP contribution in [0.3, 0.4) is 0 Å². The predicted molar refractivity (Wildman–Crippen MR) is 83.3 cm³/mol. The minimum atomic E-state index is -0.259. The Labute approximate surface area is 139 Å². The van der Waals surface area contributed by atoms with Crippen molar-refractivity contribution in [2.24, 2.45) is 11.8 Å². The molecule has 4 rings (SSSR count). The molecule has 0 N–H and O–H groups in total. The first-order valence-electron chi connectivity index (χ1n) is 8.02. The van der Waals surface area contributed by atoms with E-state index in [1.807, 2.05) is 35.2 Å². The van der Waals surface area contributed by atoms with Gasteiger partial charge in [0.25, 0.3) is 0 Å². The summed E-state index contributed by atoms with van der Waals surface area (Å²) in [6, 6.07) is 9.60. The molecule has 124 valence electrons. The number of rotatable bonds is 4. The van der Waals surface area contributed by atoms with Gasteiger partial charge in [0.05, 0.1) is 24.9 Å². The van der Waals surface area contributed by atoms with Gasteiger partial charge in [0, 0.05) is 13.1 Å². The van der Waals surface area contributed by atoms with E-state index < -0.39 is 0 Å². The summed E-state index contributed by atoms with van der Waals surface area (Å²) in [5.74, 6) is 0.450. The Bertz CT molecular complexity index is 749. The van der Waals surface area contributed by atoms with E-state index in [1.54, 1.807) is 6.92 Å². The maximum Gasteiger partial charge on any atom is 0.240 e. The highest BCUT2D eigenvalue weighted by Gasteiger charge is 2.52. The van der Waals surface area contributed by atoms with Crippen LogP contribution in [0.15, 0.2) is 34.9 Å². The molecule has 2 fully saturated rings. The Morgan fingerprint density at radius 3 is 2.33 bits per heavy atom. The number of likely N-dealkylation sites (tertiary alicyclic amines) is 2. The van der Waals surface area contributed by atoms with Gasteiger partial charge in [0.15, 0.2) is 5.82 Å². The van der Waals surface area contributed by atoms with Gasteiger partial charge >= 0.3 is 0 Å². The molecule has 2 aliphatic heterocycles. The molecular weight excluding hydrogens is 308 g/mol. The van der Waals surface area contributed by atoms with Crippen molar-refractivity contribution in [3.8, 4) is 0 Å². The summed E-state index contributed by atoms with van der Waals surface area (Å²) >= 11 is 0. The molecule has 2 saturated heterocycles. The van der Waals surface area contributed by atoms with Gasteiger partial charge in [-0.1, -0.05) is 35.5 Å². The summed E-state index contributed by atoms with van der Waals surface area (Å²) in [6.45, 7) is 3.71. The molecule has 0 spiro atoms. The number of carbonyl (C=O) groups excluding carboxylic acids is 2. The molecule has 0 bridgehead atoms. The number of aromatic nitrogens is 2. The van der Waals surface area contributed by atoms with Crippen LogP contribution in [-0.2, 0) is 22.7 Å². The van der Waals surface area contributed by atoms with Crippen LogP contribution in [-0.4, -0.2) is 44.8 Å². The second-order valence-electron chi connectivity index (χ2n) is 6.39. The van der Waals surface area contributed by atoms with Crippen molar-refractivity contribution in [1.82, 2.24) is 19.9 Å². The van der Waals surface area contributed by atoms with Crippen molar-refractivity contribution >= 4 is 11.8 Å². The molecule has 2 amide bonds. The number of nitrogens with zero attached hydrogens (tertiary/aromatic N) is 4. The third-order valence-corrected chi connectivity index (χ3v) is 4.67. The number of hydrogen-bond donors (Lipinski definition) is 0. The predicted octanol–water partition coefficient (Wildman–Crippen LogP) is 0.995. The van der Waals surface area contributed by atoms with Gasteiger partial charge in [-0.15, -0.1) is 0 Å². The number of imide groups is 1. The summed E-state index contributed by atoms with van der Waals surface area (Å²) in [7, 11) is 0. The van der Waals surface area contributed by atoms with E-state index in [4.69, 9.17) is 4.52 Å². The first kappa shape index (κ1) is 15.0.